The average molecular weight is 394 g/mol. The molecular formula is C26H35NO2. The minimum absolute atomic E-state index is 0.152. The van der Waals surface area contributed by atoms with Crippen molar-refractivity contribution in [1.29, 1.82) is 0 Å². The number of rotatable bonds is 7. The molecule has 29 heavy (non-hydrogen) atoms. The molecule has 0 radical (unpaired) electrons. The zero-order valence-electron chi connectivity index (χ0n) is 18.1. The number of hydrogen-bond acceptors (Lipinski definition) is 3. The smallest absolute Gasteiger partial charge is 0.108 e. The third kappa shape index (κ3) is 4.91. The van der Waals surface area contributed by atoms with Crippen LogP contribution in [0.5, 0.6) is 0 Å². The molecule has 0 aromatic heterocycles. The van der Waals surface area contributed by atoms with Gasteiger partial charge in [-0.2, -0.15) is 0 Å². The van der Waals surface area contributed by atoms with Gasteiger partial charge in [0.2, 0.25) is 0 Å². The molecule has 0 amide bonds. The van der Waals surface area contributed by atoms with E-state index >= 15 is 0 Å². The summed E-state index contributed by atoms with van der Waals surface area (Å²) in [6.07, 6.45) is 3.15. The van der Waals surface area contributed by atoms with Gasteiger partial charge in [0.1, 0.15) is 6.10 Å². The van der Waals surface area contributed by atoms with Crippen molar-refractivity contribution in [2.45, 2.75) is 58.3 Å². The van der Waals surface area contributed by atoms with Crippen LogP contribution in [0.2, 0.25) is 0 Å². The van der Waals surface area contributed by atoms with Crippen LogP contribution in [-0.2, 0) is 4.74 Å². The maximum atomic E-state index is 10.8. The lowest BCUT2D eigenvalue weighted by Crippen LogP contribution is -2.39. The first kappa shape index (κ1) is 20.6. The van der Waals surface area contributed by atoms with Crippen LogP contribution in [0.3, 0.4) is 0 Å². The molecule has 1 heterocycles. The highest BCUT2D eigenvalue weighted by atomic mass is 16.5. The molecule has 0 unspecified atom stereocenters. The van der Waals surface area contributed by atoms with Crippen LogP contribution in [0.4, 0.5) is 0 Å². The van der Waals surface area contributed by atoms with Crippen LogP contribution < -0.4 is 0 Å². The van der Waals surface area contributed by atoms with E-state index in [0.717, 1.165) is 17.7 Å². The Kier molecular flexibility index (Phi) is 5.83. The maximum Gasteiger partial charge on any atom is 0.108 e. The van der Waals surface area contributed by atoms with Crippen LogP contribution in [0, 0.1) is 10.8 Å². The molecule has 2 aromatic carbocycles. The van der Waals surface area contributed by atoms with Crippen molar-refractivity contribution in [2.75, 3.05) is 19.7 Å². The second-order valence-electron chi connectivity index (χ2n) is 10.3. The van der Waals surface area contributed by atoms with Crippen LogP contribution in [0.25, 0.3) is 0 Å². The second-order valence-corrected chi connectivity index (χ2v) is 10.3. The summed E-state index contributed by atoms with van der Waals surface area (Å²) in [6, 6.07) is 21.2. The van der Waals surface area contributed by atoms with Crippen molar-refractivity contribution in [3.63, 3.8) is 0 Å². The molecule has 1 saturated carbocycles. The molecule has 3 nitrogen and oxygen atoms in total. The fourth-order valence-corrected chi connectivity index (χ4v) is 5.96. The zero-order valence-corrected chi connectivity index (χ0v) is 18.1. The summed E-state index contributed by atoms with van der Waals surface area (Å²) in [5, 5.41) is 10.8. The Morgan fingerprint density at radius 1 is 0.966 bits per heavy atom. The number of nitrogens with zero attached hydrogens (tertiary/aromatic N) is 1. The summed E-state index contributed by atoms with van der Waals surface area (Å²) in [4.78, 5) is 2.52. The summed E-state index contributed by atoms with van der Waals surface area (Å²) >= 11 is 0. The van der Waals surface area contributed by atoms with Gasteiger partial charge in [-0.15, -0.1) is 0 Å². The molecule has 1 aliphatic carbocycles. The quantitative estimate of drug-likeness (QED) is 0.714. The summed E-state index contributed by atoms with van der Waals surface area (Å²) < 4.78 is 6.29. The van der Waals surface area contributed by atoms with Crippen LogP contribution in [-0.4, -0.2) is 41.8 Å². The Morgan fingerprint density at radius 3 is 2.14 bits per heavy atom. The van der Waals surface area contributed by atoms with Gasteiger partial charge >= 0.3 is 0 Å². The molecule has 2 aliphatic rings. The lowest BCUT2D eigenvalue weighted by molar-refractivity contribution is -0.0112. The Labute approximate surface area is 175 Å². The lowest BCUT2D eigenvalue weighted by atomic mass is 9.65. The van der Waals surface area contributed by atoms with Gasteiger partial charge in [0.25, 0.3) is 0 Å². The first-order valence-corrected chi connectivity index (χ1v) is 11.0. The minimum Gasteiger partial charge on any atom is -0.389 e. The van der Waals surface area contributed by atoms with Gasteiger partial charge in [0, 0.05) is 19.1 Å². The summed E-state index contributed by atoms with van der Waals surface area (Å²) in [5.74, 6) is 0. The van der Waals surface area contributed by atoms with Crippen LogP contribution >= 0.6 is 0 Å². The van der Waals surface area contributed by atoms with Crippen molar-refractivity contribution in [3.8, 4) is 0 Å². The zero-order chi connectivity index (χ0) is 20.5. The predicted molar refractivity (Wildman–Crippen MR) is 118 cm³/mol. The topological polar surface area (TPSA) is 32.7 Å². The molecule has 3 atom stereocenters. The molecule has 2 bridgehead atoms. The molecule has 1 aliphatic heterocycles. The van der Waals surface area contributed by atoms with E-state index in [9.17, 15) is 5.11 Å². The van der Waals surface area contributed by atoms with Crippen molar-refractivity contribution in [2.24, 2.45) is 10.8 Å². The van der Waals surface area contributed by atoms with Crippen molar-refractivity contribution >= 4 is 0 Å². The normalized spacial score (nSPS) is 27.3. The fourth-order valence-electron chi connectivity index (χ4n) is 5.96. The minimum atomic E-state index is -0.476. The molecule has 1 N–H and O–H groups in total. The lowest BCUT2D eigenvalue weighted by Gasteiger charge is -2.40. The highest BCUT2D eigenvalue weighted by molar-refractivity contribution is 5.29. The number of β-amino-alcohol motifs (C(OH)–C–C–N with tert-alkyl or cyclic N) is 1. The first-order chi connectivity index (χ1) is 13.8. The van der Waals surface area contributed by atoms with E-state index in [1.165, 1.54) is 19.3 Å². The number of aliphatic hydroxyl groups excluding tert-OH is 1. The molecule has 3 heteroatoms. The molecule has 0 spiro atoms. The van der Waals surface area contributed by atoms with Gasteiger partial charge < -0.3 is 9.84 Å². The van der Waals surface area contributed by atoms with E-state index in [-0.39, 0.29) is 6.10 Å². The van der Waals surface area contributed by atoms with Gasteiger partial charge in [-0.1, -0.05) is 81.4 Å². The number of aliphatic hydroxyl groups is 1. The largest absolute Gasteiger partial charge is 0.389 e. The SMILES string of the molecule is CC1(C)C[C@H]2C[C@](C)(CN2C[C@H](O)COC(c2ccccc2)c2ccccc2)C1. The Morgan fingerprint density at radius 2 is 1.55 bits per heavy atom. The van der Waals surface area contributed by atoms with Gasteiger partial charge in [0.05, 0.1) is 12.7 Å². The number of fused-ring (bicyclic) bond motifs is 2. The highest BCUT2D eigenvalue weighted by Gasteiger charge is 2.49. The summed E-state index contributed by atoms with van der Waals surface area (Å²) in [6.45, 7) is 9.35. The molecule has 2 fully saturated rings. The van der Waals surface area contributed by atoms with Gasteiger partial charge in [-0.3, -0.25) is 4.90 Å². The fraction of sp³-hybridized carbons (Fsp3) is 0.538. The maximum absolute atomic E-state index is 10.8. The molecule has 2 aromatic rings. The standard InChI is InChI=1S/C26H35NO2/c1-25(2)14-22-15-26(3,18-25)19-27(22)16-23(28)17-29-24(20-10-6-4-7-11-20)21-12-8-5-9-13-21/h4-13,22-24,28H,14-19H2,1-3H3/t22-,23-,26-/m0/s1. The molecular weight excluding hydrogens is 358 g/mol. The Bertz CT molecular complexity index is 751. The summed E-state index contributed by atoms with van der Waals surface area (Å²) in [7, 11) is 0. The van der Waals surface area contributed by atoms with E-state index in [1.807, 2.05) is 36.4 Å². The van der Waals surface area contributed by atoms with Crippen molar-refractivity contribution in [3.05, 3.63) is 71.8 Å². The Hall–Kier alpha value is -1.68. The summed E-state index contributed by atoms with van der Waals surface area (Å²) in [5.41, 5.74) is 3.04. The van der Waals surface area contributed by atoms with E-state index in [4.69, 9.17) is 4.74 Å². The monoisotopic (exact) mass is 393 g/mol. The van der Waals surface area contributed by atoms with E-state index in [2.05, 4.69) is 49.9 Å². The number of benzene rings is 2. The predicted octanol–water partition coefficient (Wildman–Crippen LogP) is 5.05. The third-order valence-corrected chi connectivity index (χ3v) is 6.63. The van der Waals surface area contributed by atoms with E-state index in [1.54, 1.807) is 0 Å². The van der Waals surface area contributed by atoms with Crippen LogP contribution in [0.1, 0.15) is 57.3 Å². The number of hydrogen-bond donors (Lipinski definition) is 1. The third-order valence-electron chi connectivity index (χ3n) is 6.63. The molecule has 156 valence electrons. The van der Waals surface area contributed by atoms with E-state index < -0.39 is 6.10 Å². The average Bonchev–Trinajstić information content (AvgIpc) is 2.91. The Balaban J connectivity index is 1.40. The molecule has 1 saturated heterocycles. The highest BCUT2D eigenvalue weighted by Crippen LogP contribution is 2.52. The molecule has 4 rings (SSSR count). The van der Waals surface area contributed by atoms with Crippen molar-refractivity contribution < 1.29 is 9.84 Å². The second kappa shape index (κ2) is 8.22. The van der Waals surface area contributed by atoms with Gasteiger partial charge in [-0.25, -0.2) is 0 Å². The van der Waals surface area contributed by atoms with Gasteiger partial charge in [0.15, 0.2) is 0 Å². The number of likely N-dealkylation sites (tertiary alicyclic amines) is 1. The van der Waals surface area contributed by atoms with Gasteiger partial charge in [-0.05, 0) is 41.2 Å². The van der Waals surface area contributed by atoms with Crippen molar-refractivity contribution in [1.82, 2.24) is 4.90 Å². The number of ether oxygens (including phenoxy) is 1. The van der Waals surface area contributed by atoms with E-state index in [0.29, 0.717) is 30.0 Å². The first-order valence-electron chi connectivity index (χ1n) is 11.0. The van der Waals surface area contributed by atoms with Crippen LogP contribution in [0.15, 0.2) is 60.7 Å².